The summed E-state index contributed by atoms with van der Waals surface area (Å²) < 4.78 is 1.73. The van der Waals surface area contributed by atoms with Gasteiger partial charge in [-0.2, -0.15) is 5.10 Å². The molecule has 0 aliphatic heterocycles. The molecular weight excluding hydrogens is 264 g/mol. The van der Waals surface area contributed by atoms with Crippen LogP contribution >= 0.6 is 0 Å². The summed E-state index contributed by atoms with van der Waals surface area (Å²) >= 11 is 0. The van der Waals surface area contributed by atoms with Crippen molar-refractivity contribution in [2.75, 3.05) is 7.05 Å². The van der Waals surface area contributed by atoms with E-state index in [1.54, 1.807) is 22.8 Å². The molecule has 0 aliphatic rings. The second-order valence-electron chi connectivity index (χ2n) is 5.41. The van der Waals surface area contributed by atoms with Crippen molar-refractivity contribution in [3.63, 3.8) is 0 Å². The molecule has 5 nitrogen and oxygen atoms in total. The van der Waals surface area contributed by atoms with Gasteiger partial charge < -0.3 is 10.2 Å². The molecule has 0 radical (unpaired) electrons. The van der Waals surface area contributed by atoms with Crippen LogP contribution in [0.25, 0.3) is 0 Å². The number of amides is 2. The molecular formula is C16H22N4O. The number of benzene rings is 1. The van der Waals surface area contributed by atoms with Gasteiger partial charge in [-0.3, -0.25) is 4.68 Å². The Kier molecular flexibility index (Phi) is 4.62. The number of carbonyl (C=O) groups excluding carboxylic acids is 1. The van der Waals surface area contributed by atoms with Crippen molar-refractivity contribution in [3.8, 4) is 0 Å². The first-order valence-corrected chi connectivity index (χ1v) is 7.02. The van der Waals surface area contributed by atoms with Gasteiger partial charge in [-0.15, -0.1) is 0 Å². The number of carbonyl (C=O) groups is 1. The highest BCUT2D eigenvalue weighted by molar-refractivity contribution is 5.74. The third-order valence-electron chi connectivity index (χ3n) is 3.52. The molecule has 1 atom stereocenters. The summed E-state index contributed by atoms with van der Waals surface area (Å²) in [5.41, 5.74) is 3.33. The van der Waals surface area contributed by atoms with Crippen molar-refractivity contribution in [2.45, 2.75) is 26.4 Å². The largest absolute Gasteiger partial charge is 0.331 e. The van der Waals surface area contributed by atoms with Crippen LogP contribution in [0.5, 0.6) is 0 Å². The molecule has 1 aromatic carbocycles. The monoisotopic (exact) mass is 286 g/mol. The number of aromatic nitrogens is 2. The fourth-order valence-electron chi connectivity index (χ4n) is 2.34. The first-order valence-electron chi connectivity index (χ1n) is 7.02. The van der Waals surface area contributed by atoms with Gasteiger partial charge in [0, 0.05) is 25.9 Å². The minimum Gasteiger partial charge on any atom is -0.331 e. The van der Waals surface area contributed by atoms with Gasteiger partial charge in [0.1, 0.15) is 0 Å². The van der Waals surface area contributed by atoms with Crippen LogP contribution in [0.4, 0.5) is 4.79 Å². The Balaban J connectivity index is 1.96. The number of nitrogens with zero attached hydrogens (tertiary/aromatic N) is 3. The number of hydrogen-bond donors (Lipinski definition) is 1. The van der Waals surface area contributed by atoms with E-state index in [2.05, 4.69) is 23.4 Å². The topological polar surface area (TPSA) is 50.2 Å². The number of nitrogens with one attached hydrogen (secondary N) is 1. The maximum Gasteiger partial charge on any atom is 0.317 e. The van der Waals surface area contributed by atoms with E-state index in [0.29, 0.717) is 6.54 Å². The zero-order valence-electron chi connectivity index (χ0n) is 13.0. The fraction of sp³-hybridized carbons (Fsp3) is 0.375. The minimum atomic E-state index is -0.0883. The van der Waals surface area contributed by atoms with Crippen molar-refractivity contribution in [1.29, 1.82) is 0 Å². The van der Waals surface area contributed by atoms with Gasteiger partial charge in [0.05, 0.1) is 18.8 Å². The van der Waals surface area contributed by atoms with Crippen LogP contribution in [0.3, 0.4) is 0 Å². The van der Waals surface area contributed by atoms with E-state index >= 15 is 0 Å². The number of rotatable bonds is 4. The van der Waals surface area contributed by atoms with Gasteiger partial charge in [0.2, 0.25) is 0 Å². The second kappa shape index (κ2) is 6.43. The highest BCUT2D eigenvalue weighted by Gasteiger charge is 2.15. The van der Waals surface area contributed by atoms with Gasteiger partial charge in [-0.25, -0.2) is 4.79 Å². The molecule has 0 aliphatic carbocycles. The van der Waals surface area contributed by atoms with Gasteiger partial charge in [-0.1, -0.05) is 24.3 Å². The van der Waals surface area contributed by atoms with E-state index in [9.17, 15) is 4.79 Å². The van der Waals surface area contributed by atoms with Crippen LogP contribution in [-0.4, -0.2) is 27.8 Å². The molecule has 112 valence electrons. The Morgan fingerprint density at radius 1 is 1.43 bits per heavy atom. The van der Waals surface area contributed by atoms with Gasteiger partial charge in [0.25, 0.3) is 0 Å². The van der Waals surface area contributed by atoms with Crippen LogP contribution < -0.4 is 5.32 Å². The third-order valence-corrected chi connectivity index (χ3v) is 3.52. The SMILES string of the molecule is Cc1ccccc1C(C)NC(=O)N(C)Cc1cnn(C)c1. The van der Waals surface area contributed by atoms with E-state index in [-0.39, 0.29) is 12.1 Å². The van der Waals surface area contributed by atoms with Gasteiger partial charge in [0.15, 0.2) is 0 Å². The molecule has 0 saturated heterocycles. The number of hydrogen-bond acceptors (Lipinski definition) is 2. The van der Waals surface area contributed by atoms with E-state index < -0.39 is 0 Å². The first kappa shape index (κ1) is 15.1. The molecule has 1 unspecified atom stereocenters. The summed E-state index contributed by atoms with van der Waals surface area (Å²) in [6.45, 7) is 4.59. The molecule has 5 heteroatoms. The molecule has 2 amide bonds. The lowest BCUT2D eigenvalue weighted by Gasteiger charge is -2.22. The summed E-state index contributed by atoms with van der Waals surface area (Å²) in [5, 5.41) is 7.13. The number of urea groups is 1. The van der Waals surface area contributed by atoms with Crippen LogP contribution in [0, 0.1) is 6.92 Å². The van der Waals surface area contributed by atoms with Crippen molar-refractivity contribution < 1.29 is 4.79 Å². The maximum atomic E-state index is 12.2. The molecule has 2 rings (SSSR count). The molecule has 1 N–H and O–H groups in total. The Labute approximate surface area is 125 Å². The summed E-state index contributed by atoms with van der Waals surface area (Å²) in [6.07, 6.45) is 3.68. The quantitative estimate of drug-likeness (QED) is 0.939. The predicted octanol–water partition coefficient (Wildman–Crippen LogP) is 2.63. The Hall–Kier alpha value is -2.30. The lowest BCUT2D eigenvalue weighted by Crippen LogP contribution is -2.38. The van der Waals surface area contributed by atoms with E-state index in [1.807, 2.05) is 38.4 Å². The van der Waals surface area contributed by atoms with Crippen LogP contribution in [-0.2, 0) is 13.6 Å². The summed E-state index contributed by atoms with van der Waals surface area (Å²) in [5.74, 6) is 0. The minimum absolute atomic E-state index is 0.0185. The first-order chi connectivity index (χ1) is 9.97. The average molecular weight is 286 g/mol. The average Bonchev–Trinajstić information content (AvgIpc) is 2.84. The Morgan fingerprint density at radius 2 is 2.14 bits per heavy atom. The summed E-state index contributed by atoms with van der Waals surface area (Å²) in [7, 11) is 3.65. The van der Waals surface area contributed by atoms with Crippen molar-refractivity contribution in [2.24, 2.45) is 7.05 Å². The van der Waals surface area contributed by atoms with Crippen LogP contribution in [0.1, 0.15) is 29.7 Å². The standard InChI is InChI=1S/C16H22N4O/c1-12-7-5-6-8-15(12)13(2)18-16(21)19(3)10-14-9-17-20(4)11-14/h5-9,11,13H,10H2,1-4H3,(H,18,21). The maximum absolute atomic E-state index is 12.2. The zero-order valence-corrected chi connectivity index (χ0v) is 13.0. The highest BCUT2D eigenvalue weighted by atomic mass is 16.2. The smallest absolute Gasteiger partial charge is 0.317 e. The molecule has 1 heterocycles. The van der Waals surface area contributed by atoms with Crippen LogP contribution in [0.2, 0.25) is 0 Å². The summed E-state index contributed by atoms with van der Waals surface area (Å²) in [4.78, 5) is 13.9. The fourth-order valence-corrected chi connectivity index (χ4v) is 2.34. The normalized spacial score (nSPS) is 12.0. The van der Waals surface area contributed by atoms with E-state index in [1.165, 1.54) is 5.56 Å². The van der Waals surface area contributed by atoms with E-state index in [0.717, 1.165) is 11.1 Å². The van der Waals surface area contributed by atoms with Crippen molar-refractivity contribution in [1.82, 2.24) is 20.0 Å². The van der Waals surface area contributed by atoms with Crippen molar-refractivity contribution in [3.05, 3.63) is 53.3 Å². The Bertz CT molecular complexity index is 620. The van der Waals surface area contributed by atoms with Gasteiger partial charge in [-0.05, 0) is 25.0 Å². The molecule has 21 heavy (non-hydrogen) atoms. The predicted molar refractivity (Wildman–Crippen MR) is 82.8 cm³/mol. The number of aryl methyl sites for hydroxylation is 2. The Morgan fingerprint density at radius 3 is 2.76 bits per heavy atom. The molecule has 0 saturated carbocycles. The molecule has 0 bridgehead atoms. The van der Waals surface area contributed by atoms with Crippen molar-refractivity contribution >= 4 is 6.03 Å². The molecule has 0 fully saturated rings. The molecule has 0 spiro atoms. The third kappa shape index (κ3) is 3.84. The second-order valence-corrected chi connectivity index (χ2v) is 5.41. The lowest BCUT2D eigenvalue weighted by molar-refractivity contribution is 0.203. The highest BCUT2D eigenvalue weighted by Crippen LogP contribution is 2.17. The summed E-state index contributed by atoms with van der Waals surface area (Å²) in [6, 6.07) is 7.98. The van der Waals surface area contributed by atoms with Gasteiger partial charge >= 0.3 is 6.03 Å². The van der Waals surface area contributed by atoms with E-state index in [4.69, 9.17) is 0 Å². The molecule has 1 aromatic heterocycles. The lowest BCUT2D eigenvalue weighted by atomic mass is 10.0. The molecule has 2 aromatic rings. The zero-order chi connectivity index (χ0) is 15.4. The van der Waals surface area contributed by atoms with Crippen LogP contribution in [0.15, 0.2) is 36.7 Å².